The molecule has 0 radical (unpaired) electrons. The summed E-state index contributed by atoms with van der Waals surface area (Å²) in [6, 6.07) is 15.6. The van der Waals surface area contributed by atoms with Gasteiger partial charge in [-0.2, -0.15) is 0 Å². The molecular weight excluding hydrogens is 236 g/mol. The topological polar surface area (TPSA) is 49.5 Å². The molecule has 0 fully saturated rings. The molecule has 0 aliphatic carbocycles. The second-order valence-electron chi connectivity index (χ2n) is 4.93. The molecule has 0 aliphatic rings. The lowest BCUT2D eigenvalue weighted by molar-refractivity contribution is 0.253. The molecule has 19 heavy (non-hydrogen) atoms. The van der Waals surface area contributed by atoms with Crippen molar-refractivity contribution in [3.63, 3.8) is 0 Å². The Hall–Kier alpha value is -2.00. The second-order valence-corrected chi connectivity index (χ2v) is 4.93. The van der Waals surface area contributed by atoms with E-state index in [-0.39, 0.29) is 6.04 Å². The summed E-state index contributed by atoms with van der Waals surface area (Å²) in [5.74, 6) is 0.308. The molecular formula is C16H20N2O. The Morgan fingerprint density at radius 3 is 2.58 bits per heavy atom. The molecule has 0 aliphatic heterocycles. The molecule has 0 amide bonds. The van der Waals surface area contributed by atoms with E-state index in [9.17, 15) is 5.11 Å². The summed E-state index contributed by atoms with van der Waals surface area (Å²) in [5, 5.41) is 9.48. The Labute approximate surface area is 114 Å². The number of nitrogen functional groups attached to an aromatic ring is 1. The average Bonchev–Trinajstić information content (AvgIpc) is 2.38. The van der Waals surface area contributed by atoms with E-state index in [0.29, 0.717) is 5.75 Å². The number of rotatable bonds is 4. The van der Waals surface area contributed by atoms with Crippen LogP contribution in [0.3, 0.4) is 0 Å². The molecule has 0 spiro atoms. The first-order valence-corrected chi connectivity index (χ1v) is 6.40. The number of nitrogens with two attached hydrogens (primary N) is 1. The Morgan fingerprint density at radius 2 is 1.89 bits per heavy atom. The van der Waals surface area contributed by atoms with Crippen molar-refractivity contribution in [3.8, 4) is 5.75 Å². The molecule has 0 heterocycles. The maximum atomic E-state index is 9.48. The summed E-state index contributed by atoms with van der Waals surface area (Å²) < 4.78 is 0. The van der Waals surface area contributed by atoms with Gasteiger partial charge in [-0.25, -0.2) is 0 Å². The molecule has 0 saturated carbocycles. The fourth-order valence-electron chi connectivity index (χ4n) is 2.15. The Balaban J connectivity index is 2.09. The predicted molar refractivity (Wildman–Crippen MR) is 78.8 cm³/mol. The minimum Gasteiger partial charge on any atom is -0.508 e. The number of nitrogens with zero attached hydrogens (tertiary/aromatic N) is 1. The number of hydrogen-bond acceptors (Lipinski definition) is 3. The van der Waals surface area contributed by atoms with Crippen molar-refractivity contribution in [1.82, 2.24) is 4.90 Å². The number of benzene rings is 2. The molecule has 3 heteroatoms. The van der Waals surface area contributed by atoms with Crippen LogP contribution < -0.4 is 5.73 Å². The van der Waals surface area contributed by atoms with E-state index in [0.717, 1.165) is 17.8 Å². The van der Waals surface area contributed by atoms with Crippen molar-refractivity contribution in [2.75, 3.05) is 12.8 Å². The lowest BCUT2D eigenvalue weighted by atomic mass is 10.1. The van der Waals surface area contributed by atoms with Crippen LogP contribution in [0.15, 0.2) is 48.5 Å². The maximum absolute atomic E-state index is 9.48. The van der Waals surface area contributed by atoms with Gasteiger partial charge in [0.15, 0.2) is 0 Å². The minimum atomic E-state index is 0.269. The number of aromatic hydroxyl groups is 1. The third-order valence-electron chi connectivity index (χ3n) is 3.40. The van der Waals surface area contributed by atoms with Gasteiger partial charge in [0.05, 0.1) is 0 Å². The highest BCUT2D eigenvalue weighted by Gasteiger charge is 2.12. The minimum absolute atomic E-state index is 0.269. The summed E-state index contributed by atoms with van der Waals surface area (Å²) in [6.45, 7) is 2.93. The van der Waals surface area contributed by atoms with Gasteiger partial charge in [0.1, 0.15) is 5.75 Å². The molecule has 3 N–H and O–H groups in total. The molecule has 0 saturated heterocycles. The zero-order valence-corrected chi connectivity index (χ0v) is 11.4. The van der Waals surface area contributed by atoms with Crippen LogP contribution in [0.5, 0.6) is 5.75 Å². The predicted octanol–water partition coefficient (Wildman–Crippen LogP) is 3.17. The smallest absolute Gasteiger partial charge is 0.115 e. The average molecular weight is 256 g/mol. The van der Waals surface area contributed by atoms with Crippen molar-refractivity contribution in [1.29, 1.82) is 0 Å². The molecule has 0 aromatic heterocycles. The number of phenolic OH excluding ortho intramolecular Hbond substituents is 1. The first-order valence-electron chi connectivity index (χ1n) is 6.40. The summed E-state index contributed by atoms with van der Waals surface area (Å²) in [7, 11) is 2.07. The van der Waals surface area contributed by atoms with Gasteiger partial charge in [-0.15, -0.1) is 0 Å². The van der Waals surface area contributed by atoms with Crippen molar-refractivity contribution >= 4 is 5.69 Å². The highest BCUT2D eigenvalue weighted by molar-refractivity contribution is 5.41. The molecule has 2 aromatic rings. The van der Waals surface area contributed by atoms with Crippen LogP contribution in [0.1, 0.15) is 24.1 Å². The quantitative estimate of drug-likeness (QED) is 0.826. The van der Waals surface area contributed by atoms with E-state index >= 15 is 0 Å². The van der Waals surface area contributed by atoms with E-state index in [1.165, 1.54) is 5.56 Å². The molecule has 0 bridgehead atoms. The zero-order chi connectivity index (χ0) is 13.8. The fourth-order valence-corrected chi connectivity index (χ4v) is 2.15. The Kier molecular flexibility index (Phi) is 4.07. The van der Waals surface area contributed by atoms with E-state index in [4.69, 9.17) is 5.73 Å². The van der Waals surface area contributed by atoms with E-state index in [1.54, 1.807) is 12.1 Å². The van der Waals surface area contributed by atoms with Crippen molar-refractivity contribution in [3.05, 3.63) is 59.7 Å². The fraction of sp³-hybridized carbons (Fsp3) is 0.250. The van der Waals surface area contributed by atoms with Crippen LogP contribution in [0.2, 0.25) is 0 Å². The lowest BCUT2D eigenvalue weighted by Gasteiger charge is -2.25. The van der Waals surface area contributed by atoms with Gasteiger partial charge in [-0.3, -0.25) is 4.90 Å². The largest absolute Gasteiger partial charge is 0.508 e. The normalized spacial score (nSPS) is 12.6. The number of phenols is 1. The monoisotopic (exact) mass is 256 g/mol. The standard InChI is InChI=1S/C16H20N2O/c1-12(14-6-4-7-15(17)10-14)18(2)11-13-5-3-8-16(19)9-13/h3-10,12,19H,11,17H2,1-2H3. The van der Waals surface area contributed by atoms with Crippen LogP contribution in [0, 0.1) is 0 Å². The third-order valence-corrected chi connectivity index (χ3v) is 3.40. The summed E-state index contributed by atoms with van der Waals surface area (Å²) in [5.41, 5.74) is 8.90. The van der Waals surface area contributed by atoms with Crippen LogP contribution in [-0.2, 0) is 6.54 Å². The highest BCUT2D eigenvalue weighted by atomic mass is 16.3. The van der Waals surface area contributed by atoms with Gasteiger partial charge >= 0.3 is 0 Å². The molecule has 3 nitrogen and oxygen atoms in total. The van der Waals surface area contributed by atoms with Gasteiger partial charge in [0, 0.05) is 18.3 Å². The van der Waals surface area contributed by atoms with Gasteiger partial charge in [0.2, 0.25) is 0 Å². The van der Waals surface area contributed by atoms with Crippen LogP contribution in [0.4, 0.5) is 5.69 Å². The van der Waals surface area contributed by atoms with Gasteiger partial charge in [0.25, 0.3) is 0 Å². The molecule has 1 atom stereocenters. The van der Waals surface area contributed by atoms with Gasteiger partial charge in [-0.05, 0) is 49.4 Å². The zero-order valence-electron chi connectivity index (χ0n) is 11.4. The van der Waals surface area contributed by atoms with Gasteiger partial charge < -0.3 is 10.8 Å². The molecule has 1 unspecified atom stereocenters. The molecule has 2 aromatic carbocycles. The lowest BCUT2D eigenvalue weighted by Crippen LogP contribution is -2.21. The Bertz CT molecular complexity index is 554. The summed E-state index contributed by atoms with van der Waals surface area (Å²) >= 11 is 0. The molecule has 2 rings (SSSR count). The Morgan fingerprint density at radius 1 is 1.16 bits per heavy atom. The third kappa shape index (κ3) is 3.48. The first-order chi connectivity index (χ1) is 9.06. The highest BCUT2D eigenvalue weighted by Crippen LogP contribution is 2.23. The SMILES string of the molecule is CC(c1cccc(N)c1)N(C)Cc1cccc(O)c1. The second kappa shape index (κ2) is 5.76. The van der Waals surface area contributed by atoms with E-state index in [1.807, 2.05) is 30.3 Å². The summed E-state index contributed by atoms with van der Waals surface area (Å²) in [4.78, 5) is 2.23. The number of hydrogen-bond donors (Lipinski definition) is 2. The number of anilines is 1. The van der Waals surface area contributed by atoms with Crippen LogP contribution in [-0.4, -0.2) is 17.1 Å². The van der Waals surface area contributed by atoms with Crippen molar-refractivity contribution in [2.45, 2.75) is 19.5 Å². The summed E-state index contributed by atoms with van der Waals surface area (Å²) in [6.07, 6.45) is 0. The van der Waals surface area contributed by atoms with Crippen molar-refractivity contribution in [2.24, 2.45) is 0 Å². The van der Waals surface area contributed by atoms with E-state index < -0.39 is 0 Å². The first kappa shape index (κ1) is 13.4. The van der Waals surface area contributed by atoms with Gasteiger partial charge in [-0.1, -0.05) is 24.3 Å². The maximum Gasteiger partial charge on any atom is 0.115 e. The van der Waals surface area contributed by atoms with Crippen LogP contribution in [0.25, 0.3) is 0 Å². The van der Waals surface area contributed by atoms with Crippen LogP contribution >= 0.6 is 0 Å². The van der Waals surface area contributed by atoms with Crippen molar-refractivity contribution < 1.29 is 5.11 Å². The molecule has 100 valence electrons. The van der Waals surface area contributed by atoms with E-state index in [2.05, 4.69) is 24.9 Å².